The molecule has 0 heterocycles. The summed E-state index contributed by atoms with van der Waals surface area (Å²) in [6, 6.07) is 13.7. The van der Waals surface area contributed by atoms with Crippen LogP contribution in [0, 0.1) is 0 Å². The van der Waals surface area contributed by atoms with Crippen LogP contribution in [0.5, 0.6) is 0 Å². The SMILES string of the molecule is CC[C@@H](C)c1ccccc1NC(=O)c1cccc(S(=O)(=O)N(C)C)c1. The quantitative estimate of drug-likeness (QED) is 0.854. The van der Waals surface area contributed by atoms with Gasteiger partial charge in [-0.2, -0.15) is 0 Å². The van der Waals surface area contributed by atoms with Crippen molar-refractivity contribution in [1.82, 2.24) is 4.31 Å². The lowest BCUT2D eigenvalue weighted by atomic mass is 9.97. The predicted octanol–water partition coefficient (Wildman–Crippen LogP) is 3.70. The van der Waals surface area contributed by atoms with Crippen LogP contribution in [-0.2, 0) is 10.0 Å². The van der Waals surface area contributed by atoms with Crippen LogP contribution in [0.15, 0.2) is 53.4 Å². The second kappa shape index (κ2) is 7.80. The van der Waals surface area contributed by atoms with E-state index in [0.29, 0.717) is 11.5 Å². The number of carbonyl (C=O) groups excluding carboxylic acids is 1. The van der Waals surface area contributed by atoms with Crippen molar-refractivity contribution < 1.29 is 13.2 Å². The molecule has 0 fully saturated rings. The lowest BCUT2D eigenvalue weighted by Gasteiger charge is -2.16. The molecule has 6 heteroatoms. The number of nitrogens with one attached hydrogen (secondary N) is 1. The predicted molar refractivity (Wildman–Crippen MR) is 100 cm³/mol. The van der Waals surface area contributed by atoms with E-state index in [4.69, 9.17) is 0 Å². The van der Waals surface area contributed by atoms with Crippen LogP contribution in [0.25, 0.3) is 0 Å². The molecule has 0 bridgehead atoms. The minimum Gasteiger partial charge on any atom is -0.322 e. The van der Waals surface area contributed by atoms with E-state index in [1.165, 1.54) is 26.2 Å². The maximum atomic E-state index is 12.6. The summed E-state index contributed by atoms with van der Waals surface area (Å²) in [6.45, 7) is 4.20. The normalized spacial score (nSPS) is 12.8. The Morgan fingerprint density at radius 2 is 1.80 bits per heavy atom. The molecule has 134 valence electrons. The Labute approximate surface area is 149 Å². The molecule has 1 amide bonds. The summed E-state index contributed by atoms with van der Waals surface area (Å²) in [6.07, 6.45) is 0.962. The monoisotopic (exact) mass is 360 g/mol. The smallest absolute Gasteiger partial charge is 0.255 e. The Kier molecular flexibility index (Phi) is 5.98. The third-order valence-electron chi connectivity index (χ3n) is 4.23. The van der Waals surface area contributed by atoms with E-state index in [-0.39, 0.29) is 10.8 Å². The highest BCUT2D eigenvalue weighted by atomic mass is 32.2. The van der Waals surface area contributed by atoms with Gasteiger partial charge in [0.1, 0.15) is 0 Å². The average molecular weight is 360 g/mol. The van der Waals surface area contributed by atoms with Gasteiger partial charge in [-0.1, -0.05) is 38.1 Å². The summed E-state index contributed by atoms with van der Waals surface area (Å²) < 4.78 is 25.6. The van der Waals surface area contributed by atoms with Gasteiger partial charge in [0.15, 0.2) is 0 Å². The first kappa shape index (κ1) is 19.1. The number of benzene rings is 2. The van der Waals surface area contributed by atoms with Gasteiger partial charge in [0.25, 0.3) is 5.91 Å². The summed E-state index contributed by atoms with van der Waals surface area (Å²) in [5.41, 5.74) is 2.13. The first-order valence-corrected chi connectivity index (χ1v) is 9.64. The molecule has 0 aromatic heterocycles. The summed E-state index contributed by atoms with van der Waals surface area (Å²) in [5.74, 6) is -0.0106. The largest absolute Gasteiger partial charge is 0.322 e. The fraction of sp³-hybridized carbons (Fsp3) is 0.316. The van der Waals surface area contributed by atoms with E-state index >= 15 is 0 Å². The Balaban J connectivity index is 2.32. The van der Waals surface area contributed by atoms with E-state index in [0.717, 1.165) is 22.0 Å². The number of hydrogen-bond acceptors (Lipinski definition) is 3. The molecule has 0 aliphatic heterocycles. The molecule has 5 nitrogen and oxygen atoms in total. The topological polar surface area (TPSA) is 66.5 Å². The van der Waals surface area contributed by atoms with E-state index in [2.05, 4.69) is 19.2 Å². The van der Waals surface area contributed by atoms with Crippen molar-refractivity contribution in [2.24, 2.45) is 0 Å². The van der Waals surface area contributed by atoms with E-state index < -0.39 is 10.0 Å². The molecule has 2 rings (SSSR count). The molecule has 0 aliphatic carbocycles. The first-order chi connectivity index (χ1) is 11.8. The van der Waals surface area contributed by atoms with Crippen molar-refractivity contribution in [2.45, 2.75) is 31.1 Å². The Morgan fingerprint density at radius 3 is 2.44 bits per heavy atom. The second-order valence-electron chi connectivity index (χ2n) is 6.17. The summed E-state index contributed by atoms with van der Waals surface area (Å²) in [4.78, 5) is 12.7. The van der Waals surface area contributed by atoms with E-state index in [1.54, 1.807) is 12.1 Å². The molecule has 0 saturated carbocycles. The number of amides is 1. The van der Waals surface area contributed by atoms with Crippen LogP contribution in [0.2, 0.25) is 0 Å². The van der Waals surface area contributed by atoms with Crippen molar-refractivity contribution in [3.63, 3.8) is 0 Å². The summed E-state index contributed by atoms with van der Waals surface area (Å²) >= 11 is 0. The molecule has 25 heavy (non-hydrogen) atoms. The molecule has 2 aromatic carbocycles. The highest BCUT2D eigenvalue weighted by Crippen LogP contribution is 2.27. The van der Waals surface area contributed by atoms with Gasteiger partial charge in [-0.05, 0) is 42.2 Å². The maximum Gasteiger partial charge on any atom is 0.255 e. The molecule has 2 aromatic rings. The van der Waals surface area contributed by atoms with Gasteiger partial charge in [-0.15, -0.1) is 0 Å². The van der Waals surface area contributed by atoms with Crippen molar-refractivity contribution in [2.75, 3.05) is 19.4 Å². The van der Waals surface area contributed by atoms with E-state index in [1.807, 2.05) is 24.3 Å². The van der Waals surface area contributed by atoms with Crippen LogP contribution < -0.4 is 5.32 Å². The molecule has 0 aliphatic rings. The van der Waals surface area contributed by atoms with Crippen molar-refractivity contribution in [3.8, 4) is 0 Å². The van der Waals surface area contributed by atoms with Crippen molar-refractivity contribution in [3.05, 3.63) is 59.7 Å². The van der Waals surface area contributed by atoms with Crippen LogP contribution in [0.3, 0.4) is 0 Å². The number of carbonyl (C=O) groups is 1. The zero-order valence-electron chi connectivity index (χ0n) is 15.0. The maximum absolute atomic E-state index is 12.6. The number of hydrogen-bond donors (Lipinski definition) is 1. The number of para-hydroxylation sites is 1. The zero-order valence-corrected chi connectivity index (χ0v) is 15.8. The lowest BCUT2D eigenvalue weighted by Crippen LogP contribution is -2.23. The van der Waals surface area contributed by atoms with Crippen LogP contribution >= 0.6 is 0 Å². The van der Waals surface area contributed by atoms with E-state index in [9.17, 15) is 13.2 Å². The van der Waals surface area contributed by atoms with Crippen LogP contribution in [-0.4, -0.2) is 32.7 Å². The van der Waals surface area contributed by atoms with Gasteiger partial charge >= 0.3 is 0 Å². The highest BCUT2D eigenvalue weighted by molar-refractivity contribution is 7.89. The molecule has 0 unspecified atom stereocenters. The molecule has 0 spiro atoms. The molecule has 0 saturated heterocycles. The number of sulfonamides is 1. The van der Waals surface area contributed by atoms with Gasteiger partial charge in [0, 0.05) is 25.3 Å². The zero-order chi connectivity index (χ0) is 18.6. The molecular formula is C19H24N2O3S. The standard InChI is InChI=1S/C19H24N2O3S/c1-5-14(2)17-11-6-7-12-18(17)20-19(22)15-9-8-10-16(13-15)25(23,24)21(3)4/h6-14H,5H2,1-4H3,(H,20,22)/t14-/m1/s1. The summed E-state index contributed by atoms with van der Waals surface area (Å²) in [5, 5.41) is 2.90. The Hall–Kier alpha value is -2.18. The van der Waals surface area contributed by atoms with Gasteiger partial charge in [0.2, 0.25) is 10.0 Å². The van der Waals surface area contributed by atoms with Crippen LogP contribution in [0.1, 0.15) is 42.1 Å². The highest BCUT2D eigenvalue weighted by Gasteiger charge is 2.19. The number of rotatable bonds is 6. The van der Waals surface area contributed by atoms with Gasteiger partial charge in [-0.25, -0.2) is 12.7 Å². The Bertz CT molecular complexity index is 860. The van der Waals surface area contributed by atoms with Crippen LogP contribution in [0.4, 0.5) is 5.69 Å². The third kappa shape index (κ3) is 4.27. The fourth-order valence-corrected chi connectivity index (χ4v) is 3.41. The molecule has 0 radical (unpaired) electrons. The van der Waals surface area contributed by atoms with Crippen molar-refractivity contribution >= 4 is 21.6 Å². The molecule has 1 atom stereocenters. The molecule has 1 N–H and O–H groups in total. The second-order valence-corrected chi connectivity index (χ2v) is 8.32. The summed E-state index contributed by atoms with van der Waals surface area (Å²) in [7, 11) is -0.652. The minimum atomic E-state index is -3.58. The fourth-order valence-electron chi connectivity index (χ4n) is 2.46. The number of anilines is 1. The Morgan fingerprint density at radius 1 is 1.12 bits per heavy atom. The van der Waals surface area contributed by atoms with Gasteiger partial charge in [-0.3, -0.25) is 4.79 Å². The van der Waals surface area contributed by atoms with Crippen molar-refractivity contribution in [1.29, 1.82) is 0 Å². The average Bonchev–Trinajstić information content (AvgIpc) is 2.61. The third-order valence-corrected chi connectivity index (χ3v) is 6.04. The molecular weight excluding hydrogens is 336 g/mol. The minimum absolute atomic E-state index is 0.0976. The first-order valence-electron chi connectivity index (χ1n) is 8.20. The number of nitrogens with zero attached hydrogens (tertiary/aromatic N) is 1. The lowest BCUT2D eigenvalue weighted by molar-refractivity contribution is 0.102. The van der Waals surface area contributed by atoms with Gasteiger partial charge in [0.05, 0.1) is 4.90 Å². The van der Waals surface area contributed by atoms with Gasteiger partial charge < -0.3 is 5.32 Å².